The minimum Gasteiger partial charge on any atom is -0.204 e. The van der Waals surface area contributed by atoms with E-state index in [1.807, 2.05) is 0 Å². The van der Waals surface area contributed by atoms with E-state index in [2.05, 4.69) is 8.75 Å². The van der Waals surface area contributed by atoms with Crippen LogP contribution in [0.2, 0.25) is 5.15 Å². The Labute approximate surface area is 87.5 Å². The van der Waals surface area contributed by atoms with Crippen molar-refractivity contribution >= 4 is 23.3 Å². The van der Waals surface area contributed by atoms with Gasteiger partial charge in [-0.2, -0.15) is 8.75 Å². The largest absolute Gasteiger partial charge is 0.204 e. The van der Waals surface area contributed by atoms with Crippen molar-refractivity contribution in [1.29, 1.82) is 0 Å². The minimum absolute atomic E-state index is 0.0313. The molecule has 0 aliphatic carbocycles. The molecule has 0 radical (unpaired) electrons. The van der Waals surface area contributed by atoms with Crippen molar-refractivity contribution in [2.75, 3.05) is 0 Å². The summed E-state index contributed by atoms with van der Waals surface area (Å²) in [5, 5.41) is 0.0829. The molecule has 0 aliphatic heterocycles. The van der Waals surface area contributed by atoms with Crippen molar-refractivity contribution in [3.05, 3.63) is 35.0 Å². The molecule has 6 heteroatoms. The van der Waals surface area contributed by atoms with E-state index in [-0.39, 0.29) is 16.4 Å². The van der Waals surface area contributed by atoms with Crippen LogP contribution >= 0.6 is 23.3 Å². The van der Waals surface area contributed by atoms with Gasteiger partial charge in [0.1, 0.15) is 5.69 Å². The monoisotopic (exact) mass is 232 g/mol. The van der Waals surface area contributed by atoms with Gasteiger partial charge in [-0.25, -0.2) is 8.78 Å². The lowest BCUT2D eigenvalue weighted by Gasteiger charge is -1.99. The summed E-state index contributed by atoms with van der Waals surface area (Å²) < 4.78 is 33.5. The number of nitrogens with zero attached hydrogens (tertiary/aromatic N) is 2. The summed E-state index contributed by atoms with van der Waals surface area (Å²) in [4.78, 5) is 0. The molecular formula is C8H3ClF2N2S. The molecule has 72 valence electrons. The molecule has 2 rings (SSSR count). The molecule has 0 atom stereocenters. The first-order valence-corrected chi connectivity index (χ1v) is 4.73. The van der Waals surface area contributed by atoms with Gasteiger partial charge in [0.2, 0.25) is 0 Å². The second kappa shape index (κ2) is 3.59. The highest BCUT2D eigenvalue weighted by molar-refractivity contribution is 6.99. The molecule has 0 saturated carbocycles. The molecule has 0 fully saturated rings. The first-order chi connectivity index (χ1) is 6.70. The van der Waals surface area contributed by atoms with E-state index in [0.29, 0.717) is 0 Å². The Kier molecular flexibility index (Phi) is 2.43. The van der Waals surface area contributed by atoms with Crippen molar-refractivity contribution in [2.45, 2.75) is 0 Å². The lowest BCUT2D eigenvalue weighted by atomic mass is 10.1. The molecule has 0 unspecified atom stereocenters. The lowest BCUT2D eigenvalue weighted by Crippen LogP contribution is -1.89. The number of benzene rings is 1. The molecule has 0 N–H and O–H groups in total. The number of halogens is 3. The van der Waals surface area contributed by atoms with Crippen molar-refractivity contribution in [2.24, 2.45) is 0 Å². The number of rotatable bonds is 1. The summed E-state index contributed by atoms with van der Waals surface area (Å²) in [6.45, 7) is 0. The summed E-state index contributed by atoms with van der Waals surface area (Å²) >= 11 is 6.50. The predicted octanol–water partition coefficient (Wildman–Crippen LogP) is 3.14. The zero-order valence-electron chi connectivity index (χ0n) is 6.67. The van der Waals surface area contributed by atoms with Crippen LogP contribution in [0.25, 0.3) is 11.3 Å². The maximum absolute atomic E-state index is 13.2. The van der Waals surface area contributed by atoms with Crippen LogP contribution in [0.1, 0.15) is 0 Å². The van der Waals surface area contributed by atoms with Gasteiger partial charge >= 0.3 is 0 Å². The fraction of sp³-hybridized carbons (Fsp3) is 0. The van der Waals surface area contributed by atoms with Gasteiger partial charge in [-0.05, 0) is 12.1 Å². The molecule has 2 nitrogen and oxygen atoms in total. The normalized spacial score (nSPS) is 10.5. The second-order valence-electron chi connectivity index (χ2n) is 2.51. The third kappa shape index (κ3) is 1.49. The molecule has 0 saturated heterocycles. The van der Waals surface area contributed by atoms with E-state index in [4.69, 9.17) is 11.6 Å². The van der Waals surface area contributed by atoms with Crippen molar-refractivity contribution in [1.82, 2.24) is 8.75 Å². The summed E-state index contributed by atoms with van der Waals surface area (Å²) in [6, 6.07) is 3.83. The summed E-state index contributed by atoms with van der Waals surface area (Å²) in [7, 11) is 0. The van der Waals surface area contributed by atoms with Gasteiger partial charge < -0.3 is 0 Å². The van der Waals surface area contributed by atoms with Crippen LogP contribution in [0.5, 0.6) is 0 Å². The van der Waals surface area contributed by atoms with Crippen molar-refractivity contribution in [3.63, 3.8) is 0 Å². The smallest absolute Gasteiger partial charge is 0.170 e. The fourth-order valence-corrected chi connectivity index (χ4v) is 1.78. The Bertz CT molecular complexity index is 472. The highest BCUT2D eigenvalue weighted by Gasteiger charge is 2.15. The second-order valence-corrected chi connectivity index (χ2v) is 3.39. The first-order valence-electron chi connectivity index (χ1n) is 3.62. The molecule has 2 aromatic rings. The molecule has 0 aliphatic rings. The summed E-state index contributed by atoms with van der Waals surface area (Å²) in [5.41, 5.74) is 0.206. The van der Waals surface area contributed by atoms with Crippen LogP contribution in [0.3, 0.4) is 0 Å². The average Bonchev–Trinajstić information content (AvgIpc) is 2.57. The maximum Gasteiger partial charge on any atom is 0.170 e. The fourth-order valence-electron chi connectivity index (χ4n) is 1.02. The van der Waals surface area contributed by atoms with E-state index >= 15 is 0 Å². The minimum atomic E-state index is -0.956. The van der Waals surface area contributed by atoms with Crippen molar-refractivity contribution < 1.29 is 8.78 Å². The van der Waals surface area contributed by atoms with Gasteiger partial charge in [0.25, 0.3) is 0 Å². The topological polar surface area (TPSA) is 25.8 Å². The third-order valence-corrected chi connectivity index (χ3v) is 2.55. The average molecular weight is 233 g/mol. The molecule has 0 spiro atoms. The first kappa shape index (κ1) is 9.48. The molecule has 0 amide bonds. The van der Waals surface area contributed by atoms with Crippen LogP contribution < -0.4 is 0 Å². The van der Waals surface area contributed by atoms with Crippen LogP contribution in [-0.2, 0) is 0 Å². The van der Waals surface area contributed by atoms with Crippen LogP contribution in [0, 0.1) is 11.6 Å². The van der Waals surface area contributed by atoms with E-state index in [9.17, 15) is 8.78 Å². The maximum atomic E-state index is 13.2. The Morgan fingerprint density at radius 3 is 2.64 bits per heavy atom. The van der Waals surface area contributed by atoms with Gasteiger partial charge in [-0.3, -0.25) is 0 Å². The van der Waals surface area contributed by atoms with Gasteiger partial charge in [0, 0.05) is 5.56 Å². The third-order valence-electron chi connectivity index (χ3n) is 1.66. The van der Waals surface area contributed by atoms with E-state index in [1.165, 1.54) is 12.1 Å². The van der Waals surface area contributed by atoms with E-state index in [1.54, 1.807) is 0 Å². The molecule has 1 aromatic carbocycles. The molecule has 0 bridgehead atoms. The molecule has 14 heavy (non-hydrogen) atoms. The van der Waals surface area contributed by atoms with Crippen molar-refractivity contribution in [3.8, 4) is 11.3 Å². The quantitative estimate of drug-likeness (QED) is 0.755. The predicted molar refractivity (Wildman–Crippen MR) is 50.3 cm³/mol. The highest BCUT2D eigenvalue weighted by atomic mass is 35.5. The van der Waals surface area contributed by atoms with Crippen LogP contribution in [0.15, 0.2) is 18.2 Å². The van der Waals surface area contributed by atoms with Crippen LogP contribution in [0.4, 0.5) is 8.78 Å². The molecule has 1 aromatic heterocycles. The Balaban J connectivity index is 2.63. The number of aromatic nitrogens is 2. The molecule has 1 heterocycles. The molecular weight excluding hydrogens is 230 g/mol. The van der Waals surface area contributed by atoms with Gasteiger partial charge in [0.05, 0.1) is 11.7 Å². The van der Waals surface area contributed by atoms with E-state index < -0.39 is 11.6 Å². The highest BCUT2D eigenvalue weighted by Crippen LogP contribution is 2.28. The lowest BCUT2D eigenvalue weighted by molar-refractivity contribution is 0.511. The summed E-state index contributed by atoms with van der Waals surface area (Å²) in [5.74, 6) is -1.88. The van der Waals surface area contributed by atoms with Gasteiger partial charge in [-0.15, -0.1) is 0 Å². The SMILES string of the molecule is Fc1cccc(-c2nsnc2Cl)c1F. The van der Waals surface area contributed by atoms with E-state index in [0.717, 1.165) is 17.8 Å². The standard InChI is InChI=1S/C8H3ClF2N2S/c9-8-7(12-14-13-8)4-2-1-3-5(10)6(4)11/h1-3H. The van der Waals surface area contributed by atoms with Crippen LogP contribution in [-0.4, -0.2) is 8.75 Å². The number of hydrogen-bond donors (Lipinski definition) is 0. The number of hydrogen-bond acceptors (Lipinski definition) is 3. The Morgan fingerprint density at radius 1 is 1.21 bits per heavy atom. The zero-order valence-corrected chi connectivity index (χ0v) is 8.24. The Morgan fingerprint density at radius 2 is 2.00 bits per heavy atom. The van der Waals surface area contributed by atoms with Gasteiger partial charge in [-0.1, -0.05) is 17.7 Å². The Hall–Kier alpha value is -1.07. The van der Waals surface area contributed by atoms with Gasteiger partial charge in [0.15, 0.2) is 16.8 Å². The zero-order chi connectivity index (χ0) is 10.1. The summed E-state index contributed by atoms with van der Waals surface area (Å²) in [6.07, 6.45) is 0.